The van der Waals surface area contributed by atoms with E-state index in [1.54, 1.807) is 0 Å². The molecule has 0 saturated heterocycles. The summed E-state index contributed by atoms with van der Waals surface area (Å²) in [5, 5.41) is 0. The lowest BCUT2D eigenvalue weighted by Crippen LogP contribution is -2.06. The lowest BCUT2D eigenvalue weighted by molar-refractivity contribution is 0.122. The summed E-state index contributed by atoms with van der Waals surface area (Å²) in [5.74, 6) is 5.80. The zero-order valence-corrected chi connectivity index (χ0v) is 8.75. The molecule has 0 bridgehead atoms. The number of hydrogen-bond donors (Lipinski definition) is 1. The molecule has 1 aromatic rings. The molecule has 0 aromatic heterocycles. The minimum absolute atomic E-state index is 0.533. The average molecular weight is 195 g/mol. The van der Waals surface area contributed by atoms with Gasteiger partial charge in [-0.05, 0) is 37.1 Å². The summed E-state index contributed by atoms with van der Waals surface area (Å²) in [4.78, 5) is 4.44. The minimum atomic E-state index is 0.533. The number of rotatable bonds is 5. The predicted molar refractivity (Wildman–Crippen MR) is 56.2 cm³/mol. The number of nitrogens with two attached hydrogens (primary N) is 1. The van der Waals surface area contributed by atoms with Crippen molar-refractivity contribution in [3.63, 3.8) is 0 Å². The summed E-state index contributed by atoms with van der Waals surface area (Å²) in [6, 6.07) is 6.08. The molecular weight excluding hydrogens is 178 g/mol. The molecule has 0 amide bonds. The summed E-state index contributed by atoms with van der Waals surface area (Å²) in [5.41, 5.74) is 2.53. The molecule has 0 atom stereocenters. The van der Waals surface area contributed by atoms with Gasteiger partial charge >= 0.3 is 0 Å². The van der Waals surface area contributed by atoms with Crippen LogP contribution in [0.4, 0.5) is 0 Å². The van der Waals surface area contributed by atoms with E-state index in [0.29, 0.717) is 13.2 Å². The highest BCUT2D eigenvalue weighted by Gasteiger charge is 1.96. The Kier molecular flexibility index (Phi) is 4.43. The molecular formula is C11H17NO2. The Balaban J connectivity index is 2.39. The standard InChI is InChI=1S/C11H17NO2/c1-9-4-5-11(8-10(9)2)13-6-3-7-14-12/h4-5,8H,3,6-7,12H2,1-2H3. The highest BCUT2D eigenvalue weighted by Crippen LogP contribution is 2.16. The first-order valence-corrected chi connectivity index (χ1v) is 4.76. The molecule has 14 heavy (non-hydrogen) atoms. The highest BCUT2D eigenvalue weighted by molar-refractivity contribution is 5.33. The third kappa shape index (κ3) is 3.36. The van der Waals surface area contributed by atoms with E-state index in [-0.39, 0.29) is 0 Å². The minimum Gasteiger partial charge on any atom is -0.493 e. The van der Waals surface area contributed by atoms with Gasteiger partial charge in [0.15, 0.2) is 0 Å². The highest BCUT2D eigenvalue weighted by atomic mass is 16.6. The molecule has 1 aromatic carbocycles. The molecule has 0 heterocycles. The second kappa shape index (κ2) is 5.62. The first kappa shape index (κ1) is 11.0. The van der Waals surface area contributed by atoms with E-state index in [9.17, 15) is 0 Å². The van der Waals surface area contributed by atoms with Crippen LogP contribution in [0.5, 0.6) is 5.75 Å². The molecule has 0 fully saturated rings. The first-order valence-electron chi connectivity index (χ1n) is 4.76. The van der Waals surface area contributed by atoms with E-state index in [1.165, 1.54) is 11.1 Å². The van der Waals surface area contributed by atoms with E-state index in [0.717, 1.165) is 12.2 Å². The normalized spacial score (nSPS) is 10.2. The van der Waals surface area contributed by atoms with Gasteiger partial charge < -0.3 is 9.57 Å². The number of benzene rings is 1. The van der Waals surface area contributed by atoms with Gasteiger partial charge in [0.1, 0.15) is 5.75 Å². The lowest BCUT2D eigenvalue weighted by Gasteiger charge is -2.07. The Bertz CT molecular complexity index is 287. The molecule has 2 N–H and O–H groups in total. The van der Waals surface area contributed by atoms with Crippen molar-refractivity contribution in [3.8, 4) is 5.75 Å². The monoisotopic (exact) mass is 195 g/mol. The van der Waals surface area contributed by atoms with Crippen molar-refractivity contribution in [1.82, 2.24) is 0 Å². The maximum Gasteiger partial charge on any atom is 0.119 e. The number of hydrogen-bond acceptors (Lipinski definition) is 3. The Labute approximate surface area is 84.8 Å². The number of ether oxygens (including phenoxy) is 1. The third-order valence-corrected chi connectivity index (χ3v) is 2.15. The van der Waals surface area contributed by atoms with Crippen LogP contribution in [0.3, 0.4) is 0 Å². The fraction of sp³-hybridized carbons (Fsp3) is 0.455. The van der Waals surface area contributed by atoms with Gasteiger partial charge in [0.05, 0.1) is 13.2 Å². The largest absolute Gasteiger partial charge is 0.493 e. The van der Waals surface area contributed by atoms with Gasteiger partial charge in [-0.2, -0.15) is 0 Å². The van der Waals surface area contributed by atoms with Crippen LogP contribution in [0, 0.1) is 13.8 Å². The van der Waals surface area contributed by atoms with Crippen molar-refractivity contribution in [2.75, 3.05) is 13.2 Å². The van der Waals surface area contributed by atoms with Gasteiger partial charge in [0.2, 0.25) is 0 Å². The van der Waals surface area contributed by atoms with Crippen LogP contribution in [0.2, 0.25) is 0 Å². The summed E-state index contributed by atoms with van der Waals surface area (Å²) in [6.45, 7) is 5.33. The van der Waals surface area contributed by atoms with E-state index in [1.807, 2.05) is 12.1 Å². The fourth-order valence-corrected chi connectivity index (χ4v) is 1.14. The average Bonchev–Trinajstić information content (AvgIpc) is 2.18. The van der Waals surface area contributed by atoms with E-state index >= 15 is 0 Å². The fourth-order valence-electron chi connectivity index (χ4n) is 1.14. The maximum atomic E-state index is 5.51. The third-order valence-electron chi connectivity index (χ3n) is 2.15. The summed E-state index contributed by atoms with van der Waals surface area (Å²) in [6.07, 6.45) is 0.809. The molecule has 78 valence electrons. The van der Waals surface area contributed by atoms with Crippen LogP contribution >= 0.6 is 0 Å². The maximum absolute atomic E-state index is 5.51. The molecule has 0 aliphatic carbocycles. The number of aryl methyl sites for hydroxylation is 2. The van der Waals surface area contributed by atoms with Crippen molar-refractivity contribution >= 4 is 0 Å². The van der Waals surface area contributed by atoms with Crippen LogP contribution in [0.1, 0.15) is 17.5 Å². The van der Waals surface area contributed by atoms with Gasteiger partial charge in [-0.1, -0.05) is 6.07 Å². The second-order valence-corrected chi connectivity index (χ2v) is 3.32. The Morgan fingerprint density at radius 2 is 1.93 bits per heavy atom. The van der Waals surface area contributed by atoms with Crippen molar-refractivity contribution < 1.29 is 9.57 Å². The Hall–Kier alpha value is -1.06. The SMILES string of the molecule is Cc1ccc(OCCCON)cc1C. The molecule has 0 unspecified atom stereocenters. The molecule has 1 rings (SSSR count). The van der Waals surface area contributed by atoms with Gasteiger partial charge in [-0.25, -0.2) is 5.90 Å². The Morgan fingerprint density at radius 1 is 1.14 bits per heavy atom. The summed E-state index contributed by atoms with van der Waals surface area (Å²) < 4.78 is 5.51. The summed E-state index contributed by atoms with van der Waals surface area (Å²) in [7, 11) is 0. The second-order valence-electron chi connectivity index (χ2n) is 3.32. The molecule has 0 radical (unpaired) electrons. The van der Waals surface area contributed by atoms with Crippen LogP contribution in [-0.4, -0.2) is 13.2 Å². The molecule has 3 nitrogen and oxygen atoms in total. The van der Waals surface area contributed by atoms with Gasteiger partial charge in [0, 0.05) is 6.42 Å². The van der Waals surface area contributed by atoms with Crippen LogP contribution in [-0.2, 0) is 4.84 Å². The molecule has 0 saturated carbocycles. The van der Waals surface area contributed by atoms with Gasteiger partial charge in [0.25, 0.3) is 0 Å². The van der Waals surface area contributed by atoms with Crippen molar-refractivity contribution in [1.29, 1.82) is 0 Å². The van der Waals surface area contributed by atoms with Crippen molar-refractivity contribution in [3.05, 3.63) is 29.3 Å². The predicted octanol–water partition coefficient (Wildman–Crippen LogP) is 1.96. The first-order chi connectivity index (χ1) is 6.74. The summed E-state index contributed by atoms with van der Waals surface area (Å²) >= 11 is 0. The van der Waals surface area contributed by atoms with E-state index in [4.69, 9.17) is 10.6 Å². The van der Waals surface area contributed by atoms with Gasteiger partial charge in [-0.15, -0.1) is 0 Å². The zero-order chi connectivity index (χ0) is 10.4. The van der Waals surface area contributed by atoms with Crippen molar-refractivity contribution in [2.45, 2.75) is 20.3 Å². The van der Waals surface area contributed by atoms with Crippen LogP contribution < -0.4 is 10.6 Å². The molecule has 0 aliphatic heterocycles. The molecule has 0 aliphatic rings. The quantitative estimate of drug-likeness (QED) is 0.577. The Morgan fingerprint density at radius 3 is 2.57 bits per heavy atom. The molecule has 0 spiro atoms. The smallest absolute Gasteiger partial charge is 0.119 e. The molecule has 3 heteroatoms. The van der Waals surface area contributed by atoms with E-state index in [2.05, 4.69) is 24.8 Å². The van der Waals surface area contributed by atoms with Crippen LogP contribution in [0.15, 0.2) is 18.2 Å². The zero-order valence-electron chi connectivity index (χ0n) is 8.75. The topological polar surface area (TPSA) is 44.5 Å². The van der Waals surface area contributed by atoms with Crippen molar-refractivity contribution in [2.24, 2.45) is 5.90 Å². The van der Waals surface area contributed by atoms with Crippen LogP contribution in [0.25, 0.3) is 0 Å². The lowest BCUT2D eigenvalue weighted by atomic mass is 10.1. The van der Waals surface area contributed by atoms with Gasteiger partial charge in [-0.3, -0.25) is 0 Å². The van der Waals surface area contributed by atoms with E-state index < -0.39 is 0 Å².